The second-order valence-electron chi connectivity index (χ2n) is 7.65. The minimum absolute atomic E-state index is 0.135. The smallest absolute Gasteiger partial charge is 0.344 e. The molecule has 2 aromatic carbocycles. The fourth-order valence-electron chi connectivity index (χ4n) is 3.63. The summed E-state index contributed by atoms with van der Waals surface area (Å²) in [4.78, 5) is 29.3. The van der Waals surface area contributed by atoms with E-state index >= 15 is 0 Å². The van der Waals surface area contributed by atoms with Gasteiger partial charge in [0.25, 0.3) is 0 Å². The highest BCUT2D eigenvalue weighted by atomic mass is 35.5. The molecule has 0 aliphatic heterocycles. The zero-order chi connectivity index (χ0) is 26.0. The molecule has 2 aromatic heterocycles. The first kappa shape index (κ1) is 25.1. The number of hydrogen-bond donors (Lipinski definition) is 2. The third-order valence-electron chi connectivity index (χ3n) is 5.43. The fraction of sp³-hybridized carbons (Fsp3) is 0.115. The number of fused-ring (bicyclic) bond motifs is 1. The second-order valence-corrected chi connectivity index (χ2v) is 8.41. The number of nitrogens with zero attached hydrogens (tertiary/aromatic N) is 1. The summed E-state index contributed by atoms with van der Waals surface area (Å²) < 4.78 is 16.2. The lowest BCUT2D eigenvalue weighted by atomic mass is 10.1. The third kappa shape index (κ3) is 4.73. The molecule has 0 atom stereocenters. The Bertz CT molecular complexity index is 1540. The number of methoxy groups -OCH3 is 2. The Hall–Kier alpha value is -4.01. The van der Waals surface area contributed by atoms with E-state index in [0.717, 1.165) is 5.56 Å². The van der Waals surface area contributed by atoms with Crippen LogP contribution in [0.2, 0.25) is 10.0 Å². The molecule has 1 amide bonds. The van der Waals surface area contributed by atoms with Crippen LogP contribution in [-0.4, -0.2) is 25.1 Å². The van der Waals surface area contributed by atoms with Gasteiger partial charge in [-0.3, -0.25) is 4.79 Å². The van der Waals surface area contributed by atoms with Crippen LogP contribution in [0.25, 0.3) is 22.1 Å². The normalized spacial score (nSPS) is 10.7. The van der Waals surface area contributed by atoms with Crippen LogP contribution in [0.3, 0.4) is 0 Å². The number of nitrogens with one attached hydrogen (secondary N) is 2. The Labute approximate surface area is 216 Å². The maximum atomic E-state index is 13.0. The van der Waals surface area contributed by atoms with Crippen molar-refractivity contribution in [1.29, 1.82) is 0 Å². The highest BCUT2D eigenvalue weighted by molar-refractivity contribution is 6.41. The van der Waals surface area contributed by atoms with Crippen molar-refractivity contribution in [1.82, 2.24) is 4.98 Å². The minimum atomic E-state index is -0.619. The molecule has 2 heterocycles. The summed E-state index contributed by atoms with van der Waals surface area (Å²) in [6.07, 6.45) is 2.71. The molecule has 0 bridgehead atoms. The zero-order valence-corrected chi connectivity index (χ0v) is 21.1. The number of benzene rings is 2. The SMILES string of the molecule is C=CC(=O)Nc1cccc(C)c1Nc1cc2c(=O)oc(-c3c(Cl)c(OC)cc(OC)c3Cl)cc2cn1. The van der Waals surface area contributed by atoms with Crippen LogP contribution in [0.15, 0.2) is 64.5 Å². The molecule has 4 rings (SSSR count). The number of carbonyl (C=O) groups excluding carboxylic acids is 1. The summed E-state index contributed by atoms with van der Waals surface area (Å²) in [5.41, 5.74) is 1.67. The van der Waals surface area contributed by atoms with Gasteiger partial charge >= 0.3 is 5.63 Å². The van der Waals surface area contributed by atoms with Crippen LogP contribution >= 0.6 is 23.2 Å². The minimum Gasteiger partial charge on any atom is -0.495 e. The molecular formula is C26H21Cl2N3O5. The molecule has 0 aliphatic rings. The lowest BCUT2D eigenvalue weighted by molar-refractivity contribution is -0.111. The van der Waals surface area contributed by atoms with Gasteiger partial charge in [0.1, 0.15) is 23.1 Å². The number of halogens is 2. The van der Waals surface area contributed by atoms with E-state index in [4.69, 9.17) is 37.1 Å². The average molecular weight is 526 g/mol. The summed E-state index contributed by atoms with van der Waals surface area (Å²) >= 11 is 13.0. The van der Waals surface area contributed by atoms with Crippen molar-refractivity contribution in [3.05, 3.63) is 81.3 Å². The van der Waals surface area contributed by atoms with Crippen molar-refractivity contribution in [2.75, 3.05) is 24.9 Å². The van der Waals surface area contributed by atoms with Gasteiger partial charge in [0, 0.05) is 17.6 Å². The topological polar surface area (TPSA) is 103 Å². The van der Waals surface area contributed by atoms with E-state index in [9.17, 15) is 9.59 Å². The van der Waals surface area contributed by atoms with E-state index in [2.05, 4.69) is 22.2 Å². The van der Waals surface area contributed by atoms with E-state index in [1.807, 2.05) is 19.1 Å². The maximum absolute atomic E-state index is 13.0. The number of carbonyl (C=O) groups is 1. The Morgan fingerprint density at radius 3 is 2.44 bits per heavy atom. The zero-order valence-electron chi connectivity index (χ0n) is 19.6. The van der Waals surface area contributed by atoms with Crippen LogP contribution in [-0.2, 0) is 4.79 Å². The van der Waals surface area contributed by atoms with Gasteiger partial charge in [0.2, 0.25) is 5.91 Å². The number of pyridine rings is 1. The van der Waals surface area contributed by atoms with Gasteiger partial charge in [-0.25, -0.2) is 9.78 Å². The Balaban J connectivity index is 1.79. The van der Waals surface area contributed by atoms with Gasteiger partial charge in [-0.15, -0.1) is 0 Å². The monoisotopic (exact) mass is 525 g/mol. The van der Waals surface area contributed by atoms with Gasteiger partial charge in [-0.2, -0.15) is 0 Å². The van der Waals surface area contributed by atoms with E-state index < -0.39 is 5.63 Å². The summed E-state index contributed by atoms with van der Waals surface area (Å²) in [7, 11) is 2.91. The third-order valence-corrected chi connectivity index (χ3v) is 6.18. The van der Waals surface area contributed by atoms with Crippen molar-refractivity contribution in [3.63, 3.8) is 0 Å². The van der Waals surface area contributed by atoms with Gasteiger partial charge in [0.05, 0.1) is 46.6 Å². The average Bonchev–Trinajstić information content (AvgIpc) is 2.86. The van der Waals surface area contributed by atoms with Gasteiger partial charge in [-0.1, -0.05) is 41.9 Å². The molecular weight excluding hydrogens is 505 g/mol. The van der Waals surface area contributed by atoms with E-state index in [1.165, 1.54) is 26.5 Å². The standard InChI is InChI=1S/C26H21Cl2N3O5/c1-5-21(32)30-16-8-6-7-13(2)25(16)31-20-10-15-14(12-29-20)9-17(36-26(15)33)22-23(27)18(34-3)11-19(35-4)24(22)28/h5-12H,1H2,2-4H3,(H,29,31)(H,30,32). The highest BCUT2D eigenvalue weighted by Crippen LogP contribution is 2.46. The molecule has 184 valence electrons. The predicted molar refractivity (Wildman–Crippen MR) is 142 cm³/mol. The number of rotatable bonds is 7. The Morgan fingerprint density at radius 2 is 1.81 bits per heavy atom. The second kappa shape index (κ2) is 10.3. The van der Waals surface area contributed by atoms with Crippen LogP contribution in [0.5, 0.6) is 11.5 Å². The molecule has 0 spiro atoms. The van der Waals surface area contributed by atoms with Gasteiger partial charge < -0.3 is 24.5 Å². The first-order valence-corrected chi connectivity index (χ1v) is 11.4. The molecule has 0 unspecified atom stereocenters. The van der Waals surface area contributed by atoms with Crippen molar-refractivity contribution in [2.45, 2.75) is 6.92 Å². The van der Waals surface area contributed by atoms with E-state index in [1.54, 1.807) is 24.3 Å². The predicted octanol–water partition coefficient (Wildman–Crippen LogP) is 6.36. The number of hydrogen-bond acceptors (Lipinski definition) is 7. The molecule has 0 saturated carbocycles. The number of ether oxygens (including phenoxy) is 2. The maximum Gasteiger partial charge on any atom is 0.344 e. The molecule has 2 N–H and O–H groups in total. The number of anilines is 3. The van der Waals surface area contributed by atoms with Crippen molar-refractivity contribution in [2.24, 2.45) is 0 Å². The summed E-state index contributed by atoms with van der Waals surface area (Å²) in [6, 6.07) is 10.2. The van der Waals surface area contributed by atoms with Crippen LogP contribution in [0.4, 0.5) is 17.2 Å². The largest absolute Gasteiger partial charge is 0.495 e. The summed E-state index contributed by atoms with van der Waals surface area (Å²) in [6.45, 7) is 5.35. The molecule has 10 heteroatoms. The van der Waals surface area contributed by atoms with Gasteiger partial charge in [0.15, 0.2) is 0 Å². The van der Waals surface area contributed by atoms with Crippen LogP contribution in [0.1, 0.15) is 5.56 Å². The van der Waals surface area contributed by atoms with Crippen LogP contribution in [0, 0.1) is 6.92 Å². The molecule has 8 nitrogen and oxygen atoms in total. The highest BCUT2D eigenvalue weighted by Gasteiger charge is 2.22. The molecule has 0 radical (unpaired) electrons. The quantitative estimate of drug-likeness (QED) is 0.270. The molecule has 0 fully saturated rings. The van der Waals surface area contributed by atoms with Crippen molar-refractivity contribution >= 4 is 57.1 Å². The first-order chi connectivity index (χ1) is 17.3. The van der Waals surface area contributed by atoms with Crippen molar-refractivity contribution < 1.29 is 18.7 Å². The Kier molecular flexibility index (Phi) is 7.19. The van der Waals surface area contributed by atoms with Crippen molar-refractivity contribution in [3.8, 4) is 22.8 Å². The molecule has 0 aliphatic carbocycles. The number of aromatic nitrogens is 1. The molecule has 36 heavy (non-hydrogen) atoms. The van der Waals surface area contributed by atoms with Crippen LogP contribution < -0.4 is 25.7 Å². The lowest BCUT2D eigenvalue weighted by Gasteiger charge is -2.15. The molecule has 4 aromatic rings. The fourth-order valence-corrected chi connectivity index (χ4v) is 4.31. The van der Waals surface area contributed by atoms with Gasteiger partial charge in [-0.05, 0) is 36.8 Å². The first-order valence-electron chi connectivity index (χ1n) is 10.6. The Morgan fingerprint density at radius 1 is 1.11 bits per heavy atom. The lowest BCUT2D eigenvalue weighted by Crippen LogP contribution is -2.10. The molecule has 0 saturated heterocycles. The summed E-state index contributed by atoms with van der Waals surface area (Å²) in [5, 5.41) is 7.05. The number of amides is 1. The summed E-state index contributed by atoms with van der Waals surface area (Å²) in [5.74, 6) is 0.784. The van der Waals surface area contributed by atoms with E-state index in [-0.39, 0.29) is 32.7 Å². The van der Waals surface area contributed by atoms with E-state index in [0.29, 0.717) is 34.1 Å². The number of para-hydroxylation sites is 1. The number of aryl methyl sites for hydroxylation is 1.